The number of aromatic nitrogens is 2. The van der Waals surface area contributed by atoms with E-state index in [-0.39, 0.29) is 17.3 Å². The van der Waals surface area contributed by atoms with Crippen molar-refractivity contribution in [3.05, 3.63) is 11.8 Å². The number of carbonyl (C=O) groups is 2. The van der Waals surface area contributed by atoms with E-state index >= 15 is 0 Å². The molecule has 0 fully saturated rings. The molecule has 0 aliphatic rings. The van der Waals surface area contributed by atoms with Gasteiger partial charge in [0.1, 0.15) is 5.69 Å². The summed E-state index contributed by atoms with van der Waals surface area (Å²) in [4.78, 5) is 22.4. The van der Waals surface area contributed by atoms with Crippen molar-refractivity contribution in [1.82, 2.24) is 14.9 Å². The summed E-state index contributed by atoms with van der Waals surface area (Å²) >= 11 is 0. The molecule has 0 bridgehead atoms. The fourth-order valence-electron chi connectivity index (χ4n) is 1.38. The number of carbonyl (C=O) groups excluding carboxylic acids is 1. The number of carboxylic acids is 1. The molecule has 1 unspecified atom stereocenters. The van der Waals surface area contributed by atoms with Gasteiger partial charge in [0.2, 0.25) is 15.9 Å². The number of hydrogen-bond acceptors (Lipinski definition) is 5. The summed E-state index contributed by atoms with van der Waals surface area (Å²) in [6.07, 6.45) is 0.436. The highest BCUT2D eigenvalue weighted by molar-refractivity contribution is 7.89. The van der Waals surface area contributed by atoms with E-state index in [1.54, 1.807) is 6.92 Å². The molecule has 0 aliphatic heterocycles. The number of H-pyrrole nitrogens is 1. The highest BCUT2D eigenvalue weighted by Crippen LogP contribution is 2.06. The maximum atomic E-state index is 11.7. The smallest absolute Gasteiger partial charge is 0.353 e. The summed E-state index contributed by atoms with van der Waals surface area (Å²) in [6.45, 7) is 3.09. The molecule has 9 nitrogen and oxygen atoms in total. The van der Waals surface area contributed by atoms with Crippen LogP contribution in [0.3, 0.4) is 0 Å². The van der Waals surface area contributed by atoms with Crippen LogP contribution in [0.25, 0.3) is 0 Å². The number of sulfonamides is 1. The van der Waals surface area contributed by atoms with Crippen molar-refractivity contribution in [3.8, 4) is 0 Å². The first kappa shape index (κ1) is 16.1. The summed E-state index contributed by atoms with van der Waals surface area (Å²) in [7, 11) is -3.51. The van der Waals surface area contributed by atoms with Crippen LogP contribution in [0.5, 0.6) is 0 Å². The first-order chi connectivity index (χ1) is 9.25. The molecule has 0 aromatic carbocycles. The number of carboxylic acid groups (broad SMARTS) is 1. The predicted octanol–water partition coefficient (Wildman–Crippen LogP) is -0.236. The lowest BCUT2D eigenvalue weighted by Crippen LogP contribution is -2.42. The summed E-state index contributed by atoms with van der Waals surface area (Å²) in [6, 6.07) is 0.143. The van der Waals surface area contributed by atoms with Gasteiger partial charge in [-0.05, 0) is 13.3 Å². The van der Waals surface area contributed by atoms with E-state index in [0.717, 1.165) is 6.07 Å². The number of nitrogens with zero attached hydrogens (tertiary/aromatic N) is 1. The Bertz CT molecular complexity index is 595. The topological polar surface area (TPSA) is 141 Å². The molecule has 1 rings (SSSR count). The van der Waals surface area contributed by atoms with Crippen LogP contribution in [0.4, 0.5) is 5.82 Å². The fraction of sp³-hybridized carbons (Fsp3) is 0.500. The molecule has 0 spiro atoms. The second-order valence-electron chi connectivity index (χ2n) is 4.12. The third-order valence-electron chi connectivity index (χ3n) is 2.28. The van der Waals surface area contributed by atoms with Crippen LogP contribution in [-0.4, -0.2) is 47.4 Å². The van der Waals surface area contributed by atoms with Crippen LogP contribution >= 0.6 is 0 Å². The van der Waals surface area contributed by atoms with Gasteiger partial charge in [0.05, 0.1) is 11.8 Å². The molecule has 10 heteroatoms. The third kappa shape index (κ3) is 4.63. The molecule has 0 saturated carbocycles. The number of aromatic amines is 1. The fourth-order valence-corrected chi connectivity index (χ4v) is 2.68. The molecule has 112 valence electrons. The Balaban J connectivity index is 2.63. The van der Waals surface area contributed by atoms with Crippen molar-refractivity contribution in [2.24, 2.45) is 0 Å². The minimum absolute atomic E-state index is 0.00828. The Morgan fingerprint density at radius 1 is 1.50 bits per heavy atom. The molecule has 0 radical (unpaired) electrons. The van der Waals surface area contributed by atoms with Crippen molar-refractivity contribution in [3.63, 3.8) is 0 Å². The van der Waals surface area contributed by atoms with Crippen molar-refractivity contribution in [1.29, 1.82) is 0 Å². The van der Waals surface area contributed by atoms with Crippen LogP contribution in [0.15, 0.2) is 6.07 Å². The first-order valence-corrected chi connectivity index (χ1v) is 7.50. The lowest BCUT2D eigenvalue weighted by atomic mass is 10.3. The predicted molar refractivity (Wildman–Crippen MR) is 70.9 cm³/mol. The van der Waals surface area contributed by atoms with Gasteiger partial charge in [-0.3, -0.25) is 9.89 Å². The Morgan fingerprint density at radius 3 is 2.65 bits per heavy atom. The van der Waals surface area contributed by atoms with Gasteiger partial charge in [0.15, 0.2) is 5.82 Å². The normalized spacial score (nSPS) is 12.9. The van der Waals surface area contributed by atoms with E-state index in [4.69, 9.17) is 5.11 Å². The SMILES string of the molecule is CCCS(=O)(=O)NC(C)C(=O)Nc1cc(C(=O)O)[nH]n1. The first-order valence-electron chi connectivity index (χ1n) is 5.84. The number of aromatic carboxylic acids is 1. The average molecular weight is 304 g/mol. The summed E-state index contributed by atoms with van der Waals surface area (Å²) in [5.74, 6) is -1.91. The Kier molecular flexibility index (Phi) is 5.22. The van der Waals surface area contributed by atoms with Crippen LogP contribution in [0, 0.1) is 0 Å². The Labute approximate surface area is 115 Å². The second kappa shape index (κ2) is 6.48. The van der Waals surface area contributed by atoms with Gasteiger partial charge < -0.3 is 10.4 Å². The molecule has 1 heterocycles. The van der Waals surface area contributed by atoms with E-state index in [2.05, 4.69) is 20.2 Å². The van der Waals surface area contributed by atoms with E-state index in [0.29, 0.717) is 6.42 Å². The average Bonchev–Trinajstić information content (AvgIpc) is 2.76. The van der Waals surface area contributed by atoms with Crippen molar-refractivity contribution in [2.45, 2.75) is 26.3 Å². The van der Waals surface area contributed by atoms with Gasteiger partial charge in [0, 0.05) is 6.07 Å². The highest BCUT2D eigenvalue weighted by atomic mass is 32.2. The lowest BCUT2D eigenvalue weighted by molar-refractivity contribution is -0.117. The number of rotatable bonds is 7. The van der Waals surface area contributed by atoms with Gasteiger partial charge in [-0.1, -0.05) is 6.92 Å². The molecule has 4 N–H and O–H groups in total. The van der Waals surface area contributed by atoms with E-state index in [9.17, 15) is 18.0 Å². The monoisotopic (exact) mass is 304 g/mol. The third-order valence-corrected chi connectivity index (χ3v) is 3.94. The largest absolute Gasteiger partial charge is 0.477 e. The van der Waals surface area contributed by atoms with Gasteiger partial charge in [-0.15, -0.1) is 0 Å². The molecule has 1 atom stereocenters. The zero-order chi connectivity index (χ0) is 15.3. The highest BCUT2D eigenvalue weighted by Gasteiger charge is 2.20. The quantitative estimate of drug-likeness (QED) is 0.548. The minimum Gasteiger partial charge on any atom is -0.477 e. The summed E-state index contributed by atoms with van der Waals surface area (Å²) in [5, 5.41) is 16.8. The van der Waals surface area contributed by atoms with Crippen LogP contribution in [0.1, 0.15) is 30.8 Å². The molecule has 20 heavy (non-hydrogen) atoms. The zero-order valence-electron chi connectivity index (χ0n) is 11.0. The standard InChI is InChI=1S/C10H16N4O5S/c1-3-4-20(18,19)14-6(2)9(15)11-8-5-7(10(16)17)12-13-8/h5-6,14H,3-4H2,1-2H3,(H,16,17)(H2,11,12,13,15). The van der Waals surface area contributed by atoms with Crippen molar-refractivity contribution >= 4 is 27.7 Å². The number of amides is 1. The maximum Gasteiger partial charge on any atom is 0.353 e. The van der Waals surface area contributed by atoms with Crippen LogP contribution in [-0.2, 0) is 14.8 Å². The number of anilines is 1. The Hall–Kier alpha value is -1.94. The van der Waals surface area contributed by atoms with E-state index in [1.165, 1.54) is 6.92 Å². The molecule has 1 aromatic heterocycles. The molecular weight excluding hydrogens is 288 g/mol. The molecular formula is C10H16N4O5S. The molecule has 1 aromatic rings. The van der Waals surface area contributed by atoms with Crippen LogP contribution in [0.2, 0.25) is 0 Å². The van der Waals surface area contributed by atoms with Crippen molar-refractivity contribution < 1.29 is 23.1 Å². The van der Waals surface area contributed by atoms with Crippen LogP contribution < -0.4 is 10.0 Å². The van der Waals surface area contributed by atoms with Gasteiger partial charge in [-0.2, -0.15) is 5.10 Å². The minimum atomic E-state index is -3.51. The molecule has 0 aliphatic carbocycles. The van der Waals surface area contributed by atoms with Gasteiger partial charge in [0.25, 0.3) is 0 Å². The Morgan fingerprint density at radius 2 is 2.15 bits per heavy atom. The zero-order valence-corrected chi connectivity index (χ0v) is 11.8. The number of hydrogen-bond donors (Lipinski definition) is 4. The number of nitrogens with one attached hydrogen (secondary N) is 3. The summed E-state index contributed by atoms with van der Waals surface area (Å²) in [5.41, 5.74) is -0.181. The van der Waals surface area contributed by atoms with Crippen molar-refractivity contribution in [2.75, 3.05) is 11.1 Å². The summed E-state index contributed by atoms with van der Waals surface area (Å²) < 4.78 is 25.2. The maximum absolute atomic E-state index is 11.7. The lowest BCUT2D eigenvalue weighted by Gasteiger charge is -2.12. The van der Waals surface area contributed by atoms with Gasteiger partial charge >= 0.3 is 5.97 Å². The molecule has 1 amide bonds. The van der Waals surface area contributed by atoms with E-state index < -0.39 is 27.9 Å². The molecule has 0 saturated heterocycles. The van der Waals surface area contributed by atoms with Gasteiger partial charge in [-0.25, -0.2) is 17.9 Å². The second-order valence-corrected chi connectivity index (χ2v) is 5.99. The van der Waals surface area contributed by atoms with E-state index in [1.807, 2.05) is 0 Å².